The molecule has 0 saturated heterocycles. The number of rotatable bonds is 5. The number of hydrogen-bond acceptors (Lipinski definition) is 4. The Kier molecular flexibility index (Phi) is 4.95. The van der Waals surface area contributed by atoms with Crippen molar-refractivity contribution >= 4 is 33.4 Å². The molecule has 0 bridgehead atoms. The smallest absolute Gasteiger partial charge is 0.224 e. The number of hydrogen-bond donors (Lipinski definition) is 2. The minimum Gasteiger partial charge on any atom is -0.354 e. The number of nitrogens with one attached hydrogen (secondary N) is 2. The molecule has 2 rings (SSSR count). The molecule has 0 aliphatic carbocycles. The second kappa shape index (κ2) is 6.70. The standard InChI is InChI=1S/C15H19BrN4/c1-4-7-17-15-18-9-12(16)14(20-15)19-13-8-10(2)5-6-11(13)3/h5-6,8-9H,4,7H2,1-3H3,(H2,17,18,19,20). The lowest BCUT2D eigenvalue weighted by molar-refractivity contribution is 0.952. The van der Waals surface area contributed by atoms with E-state index in [1.165, 1.54) is 11.1 Å². The quantitative estimate of drug-likeness (QED) is 0.849. The van der Waals surface area contributed by atoms with Gasteiger partial charge in [-0.3, -0.25) is 0 Å². The van der Waals surface area contributed by atoms with Crippen LogP contribution in [0.2, 0.25) is 0 Å². The lowest BCUT2D eigenvalue weighted by Crippen LogP contribution is -2.06. The van der Waals surface area contributed by atoms with Gasteiger partial charge in [0.2, 0.25) is 5.95 Å². The van der Waals surface area contributed by atoms with Crippen LogP contribution in [-0.4, -0.2) is 16.5 Å². The van der Waals surface area contributed by atoms with E-state index < -0.39 is 0 Å². The Morgan fingerprint density at radius 2 is 2.05 bits per heavy atom. The van der Waals surface area contributed by atoms with Gasteiger partial charge in [-0.2, -0.15) is 4.98 Å². The van der Waals surface area contributed by atoms with Gasteiger partial charge in [-0.05, 0) is 53.4 Å². The maximum absolute atomic E-state index is 4.50. The summed E-state index contributed by atoms with van der Waals surface area (Å²) in [5.41, 5.74) is 3.46. The summed E-state index contributed by atoms with van der Waals surface area (Å²) in [5, 5.41) is 6.55. The Hall–Kier alpha value is -1.62. The van der Waals surface area contributed by atoms with Crippen LogP contribution in [0, 0.1) is 13.8 Å². The molecule has 1 aromatic heterocycles. The van der Waals surface area contributed by atoms with E-state index in [-0.39, 0.29) is 0 Å². The maximum atomic E-state index is 4.50. The van der Waals surface area contributed by atoms with Gasteiger partial charge in [0.05, 0.1) is 4.47 Å². The van der Waals surface area contributed by atoms with Gasteiger partial charge >= 0.3 is 0 Å². The Morgan fingerprint density at radius 3 is 2.80 bits per heavy atom. The van der Waals surface area contributed by atoms with Gasteiger partial charge in [-0.1, -0.05) is 19.1 Å². The normalized spacial score (nSPS) is 10.4. The number of anilines is 3. The molecule has 0 fully saturated rings. The fourth-order valence-electron chi connectivity index (χ4n) is 1.77. The summed E-state index contributed by atoms with van der Waals surface area (Å²) in [6.07, 6.45) is 2.80. The number of benzene rings is 1. The molecule has 0 atom stereocenters. The van der Waals surface area contributed by atoms with Crippen molar-refractivity contribution in [3.8, 4) is 0 Å². The zero-order chi connectivity index (χ0) is 14.5. The van der Waals surface area contributed by atoms with Crippen LogP contribution in [0.25, 0.3) is 0 Å². The predicted molar refractivity (Wildman–Crippen MR) is 87.7 cm³/mol. The van der Waals surface area contributed by atoms with E-state index in [9.17, 15) is 0 Å². The monoisotopic (exact) mass is 334 g/mol. The highest BCUT2D eigenvalue weighted by Crippen LogP contribution is 2.26. The highest BCUT2D eigenvalue weighted by Gasteiger charge is 2.07. The first kappa shape index (κ1) is 14.8. The topological polar surface area (TPSA) is 49.8 Å². The predicted octanol–water partition coefficient (Wildman–Crippen LogP) is 4.42. The van der Waals surface area contributed by atoms with E-state index >= 15 is 0 Å². The first-order valence-electron chi connectivity index (χ1n) is 6.71. The molecule has 1 heterocycles. The summed E-state index contributed by atoms with van der Waals surface area (Å²) < 4.78 is 0.848. The molecule has 0 saturated carbocycles. The molecular weight excluding hydrogens is 316 g/mol. The molecule has 0 unspecified atom stereocenters. The number of nitrogens with zero attached hydrogens (tertiary/aromatic N) is 2. The minimum absolute atomic E-state index is 0.642. The second-order valence-corrected chi connectivity index (χ2v) is 5.61. The summed E-state index contributed by atoms with van der Waals surface area (Å²) in [7, 11) is 0. The first-order valence-corrected chi connectivity index (χ1v) is 7.50. The van der Waals surface area contributed by atoms with Gasteiger partial charge in [0.25, 0.3) is 0 Å². The summed E-state index contributed by atoms with van der Waals surface area (Å²) in [6, 6.07) is 6.32. The van der Waals surface area contributed by atoms with Gasteiger partial charge in [0.1, 0.15) is 5.82 Å². The number of aromatic nitrogens is 2. The van der Waals surface area contributed by atoms with Crippen LogP contribution in [0.5, 0.6) is 0 Å². The fourth-order valence-corrected chi connectivity index (χ4v) is 2.06. The van der Waals surface area contributed by atoms with Crippen LogP contribution in [0.1, 0.15) is 24.5 Å². The fraction of sp³-hybridized carbons (Fsp3) is 0.333. The molecule has 0 spiro atoms. The van der Waals surface area contributed by atoms with Crippen LogP contribution in [0.3, 0.4) is 0 Å². The van der Waals surface area contributed by atoms with Crippen molar-refractivity contribution in [2.75, 3.05) is 17.2 Å². The SMILES string of the molecule is CCCNc1ncc(Br)c(Nc2cc(C)ccc2C)n1. The molecule has 20 heavy (non-hydrogen) atoms. The Balaban J connectivity index is 2.25. The molecule has 2 N–H and O–H groups in total. The van der Waals surface area contributed by atoms with Crippen molar-refractivity contribution in [3.63, 3.8) is 0 Å². The van der Waals surface area contributed by atoms with Crippen molar-refractivity contribution < 1.29 is 0 Å². The molecule has 0 radical (unpaired) electrons. The summed E-state index contributed by atoms with van der Waals surface area (Å²) in [4.78, 5) is 8.74. The molecule has 0 aliphatic heterocycles. The van der Waals surface area contributed by atoms with Crippen molar-refractivity contribution in [2.45, 2.75) is 27.2 Å². The van der Waals surface area contributed by atoms with Gasteiger partial charge < -0.3 is 10.6 Å². The maximum Gasteiger partial charge on any atom is 0.224 e. The van der Waals surface area contributed by atoms with Crippen LogP contribution in [0.4, 0.5) is 17.5 Å². The molecule has 0 aliphatic rings. The van der Waals surface area contributed by atoms with E-state index in [1.807, 2.05) is 0 Å². The lowest BCUT2D eigenvalue weighted by atomic mass is 10.1. The summed E-state index contributed by atoms with van der Waals surface area (Å²) in [6.45, 7) is 7.13. The molecule has 4 nitrogen and oxygen atoms in total. The van der Waals surface area contributed by atoms with E-state index in [2.05, 4.69) is 75.5 Å². The van der Waals surface area contributed by atoms with Crippen LogP contribution in [0.15, 0.2) is 28.9 Å². The largest absolute Gasteiger partial charge is 0.354 e. The van der Waals surface area contributed by atoms with Gasteiger partial charge in [-0.15, -0.1) is 0 Å². The molecule has 1 aromatic carbocycles. The molecule has 0 amide bonds. The van der Waals surface area contributed by atoms with Gasteiger partial charge in [0, 0.05) is 18.4 Å². The summed E-state index contributed by atoms with van der Waals surface area (Å²) in [5.74, 6) is 1.41. The Labute approximate surface area is 128 Å². The van der Waals surface area contributed by atoms with Crippen LogP contribution in [-0.2, 0) is 0 Å². The molecule has 5 heteroatoms. The van der Waals surface area contributed by atoms with E-state index in [0.29, 0.717) is 5.95 Å². The Bertz CT molecular complexity index is 598. The molecule has 106 valence electrons. The highest BCUT2D eigenvalue weighted by atomic mass is 79.9. The van der Waals surface area contributed by atoms with Crippen molar-refractivity contribution in [2.24, 2.45) is 0 Å². The molecule has 2 aromatic rings. The van der Waals surface area contributed by atoms with Gasteiger partial charge in [-0.25, -0.2) is 4.98 Å². The Morgan fingerprint density at radius 1 is 1.25 bits per heavy atom. The average molecular weight is 335 g/mol. The zero-order valence-electron chi connectivity index (χ0n) is 12.0. The molecular formula is C15H19BrN4. The van der Waals surface area contributed by atoms with E-state index in [0.717, 1.165) is 28.9 Å². The van der Waals surface area contributed by atoms with Crippen LogP contribution >= 0.6 is 15.9 Å². The van der Waals surface area contributed by atoms with Crippen molar-refractivity contribution in [1.29, 1.82) is 0 Å². The number of aryl methyl sites for hydroxylation is 2. The third kappa shape index (κ3) is 3.70. The van der Waals surface area contributed by atoms with Crippen molar-refractivity contribution in [1.82, 2.24) is 9.97 Å². The lowest BCUT2D eigenvalue weighted by Gasteiger charge is -2.12. The van der Waals surface area contributed by atoms with Gasteiger partial charge in [0.15, 0.2) is 0 Å². The first-order chi connectivity index (χ1) is 9.60. The second-order valence-electron chi connectivity index (χ2n) is 4.76. The van der Waals surface area contributed by atoms with E-state index in [4.69, 9.17) is 0 Å². The van der Waals surface area contributed by atoms with Crippen LogP contribution < -0.4 is 10.6 Å². The third-order valence-electron chi connectivity index (χ3n) is 2.92. The van der Waals surface area contributed by atoms with E-state index in [1.54, 1.807) is 6.20 Å². The zero-order valence-corrected chi connectivity index (χ0v) is 13.6. The third-order valence-corrected chi connectivity index (χ3v) is 3.50. The summed E-state index contributed by atoms with van der Waals surface area (Å²) >= 11 is 3.48. The average Bonchev–Trinajstić information content (AvgIpc) is 2.43. The number of halogens is 1. The van der Waals surface area contributed by atoms with Crippen molar-refractivity contribution in [3.05, 3.63) is 40.0 Å². The minimum atomic E-state index is 0.642. The highest BCUT2D eigenvalue weighted by molar-refractivity contribution is 9.10.